The van der Waals surface area contributed by atoms with Crippen molar-refractivity contribution in [3.8, 4) is 0 Å². The summed E-state index contributed by atoms with van der Waals surface area (Å²) in [7, 11) is 1.57. The summed E-state index contributed by atoms with van der Waals surface area (Å²) in [6.45, 7) is 3.85. The molecule has 0 saturated carbocycles. The van der Waals surface area contributed by atoms with Crippen LogP contribution in [0.2, 0.25) is 0 Å². The molecule has 4 nitrogen and oxygen atoms in total. The van der Waals surface area contributed by atoms with E-state index in [0.29, 0.717) is 0 Å². The molecular formula is C16H22N2O2. The third-order valence-electron chi connectivity index (χ3n) is 4.71. The molecular weight excluding hydrogens is 252 g/mol. The molecule has 1 spiro atoms. The zero-order valence-electron chi connectivity index (χ0n) is 12.0. The summed E-state index contributed by atoms with van der Waals surface area (Å²) in [5, 5.41) is 3.54. The van der Waals surface area contributed by atoms with Crippen molar-refractivity contribution in [3.63, 3.8) is 0 Å². The predicted molar refractivity (Wildman–Crippen MR) is 77.5 cm³/mol. The van der Waals surface area contributed by atoms with Gasteiger partial charge < -0.3 is 15.0 Å². The van der Waals surface area contributed by atoms with Gasteiger partial charge in [-0.15, -0.1) is 0 Å². The number of hydrogen-bond donors (Lipinski definition) is 1. The maximum Gasteiger partial charge on any atom is 0.248 e. The van der Waals surface area contributed by atoms with E-state index >= 15 is 0 Å². The lowest BCUT2D eigenvalue weighted by atomic mass is 9.69. The van der Waals surface area contributed by atoms with Crippen LogP contribution in [0.3, 0.4) is 0 Å². The molecule has 0 unspecified atom stereocenters. The molecule has 0 aliphatic carbocycles. The minimum Gasteiger partial charge on any atom is -0.375 e. The Hall–Kier alpha value is -1.39. The van der Waals surface area contributed by atoms with Gasteiger partial charge in [0.2, 0.25) is 5.91 Å². The van der Waals surface area contributed by atoms with Crippen molar-refractivity contribution in [1.82, 2.24) is 10.2 Å². The first-order chi connectivity index (χ1) is 9.75. The number of nitrogens with zero attached hydrogens (tertiary/aromatic N) is 1. The Kier molecular flexibility index (Phi) is 3.76. The number of amides is 1. The van der Waals surface area contributed by atoms with Gasteiger partial charge in [-0.05, 0) is 24.0 Å². The van der Waals surface area contributed by atoms with E-state index in [0.717, 1.165) is 39.0 Å². The van der Waals surface area contributed by atoms with Crippen LogP contribution in [0.1, 0.15) is 24.0 Å². The van der Waals surface area contributed by atoms with E-state index in [-0.39, 0.29) is 17.9 Å². The number of ether oxygens (including phenoxy) is 1. The third-order valence-corrected chi connectivity index (χ3v) is 4.71. The molecule has 0 atom stereocenters. The van der Waals surface area contributed by atoms with Crippen LogP contribution in [-0.2, 0) is 21.5 Å². The molecule has 2 aliphatic heterocycles. The number of carbonyl (C=O) groups is 1. The smallest absolute Gasteiger partial charge is 0.248 e. The van der Waals surface area contributed by atoms with Gasteiger partial charge in [-0.25, -0.2) is 0 Å². The first-order valence-corrected chi connectivity index (χ1v) is 7.31. The summed E-state index contributed by atoms with van der Waals surface area (Å²) in [5.41, 5.74) is 3.10. The standard InChI is InChI=1S/C16H22N2O2/c1-20-11-15(19)18-8-6-16(7-9-18)12-17-10-13-4-2-3-5-14(13)16/h2-5,17H,6-12H2,1H3. The number of methoxy groups -OCH3 is 1. The molecule has 1 fully saturated rings. The summed E-state index contributed by atoms with van der Waals surface area (Å²) >= 11 is 0. The highest BCUT2D eigenvalue weighted by molar-refractivity contribution is 5.77. The largest absolute Gasteiger partial charge is 0.375 e. The van der Waals surface area contributed by atoms with E-state index < -0.39 is 0 Å². The van der Waals surface area contributed by atoms with Gasteiger partial charge in [-0.3, -0.25) is 4.79 Å². The number of benzene rings is 1. The molecule has 1 aromatic carbocycles. The van der Waals surface area contributed by atoms with Gasteiger partial charge >= 0.3 is 0 Å². The van der Waals surface area contributed by atoms with E-state index in [1.54, 1.807) is 7.11 Å². The average Bonchev–Trinajstić information content (AvgIpc) is 2.49. The molecule has 1 N–H and O–H groups in total. The predicted octanol–water partition coefficient (Wildman–Crippen LogP) is 1.30. The normalized spacial score (nSPS) is 20.8. The molecule has 1 amide bonds. The van der Waals surface area contributed by atoms with Crippen molar-refractivity contribution in [3.05, 3.63) is 35.4 Å². The molecule has 0 aromatic heterocycles. The van der Waals surface area contributed by atoms with Crippen molar-refractivity contribution in [1.29, 1.82) is 0 Å². The monoisotopic (exact) mass is 274 g/mol. The molecule has 2 aliphatic rings. The van der Waals surface area contributed by atoms with E-state index in [1.165, 1.54) is 11.1 Å². The van der Waals surface area contributed by atoms with E-state index in [2.05, 4.69) is 29.6 Å². The maximum absolute atomic E-state index is 11.9. The molecule has 108 valence electrons. The fourth-order valence-corrected chi connectivity index (χ4v) is 3.57. The summed E-state index contributed by atoms with van der Waals surface area (Å²) < 4.78 is 4.95. The number of hydrogen-bond acceptors (Lipinski definition) is 3. The number of likely N-dealkylation sites (tertiary alicyclic amines) is 1. The lowest BCUT2D eigenvalue weighted by Crippen LogP contribution is -2.52. The van der Waals surface area contributed by atoms with Crippen molar-refractivity contribution in [2.75, 3.05) is 33.4 Å². The zero-order valence-corrected chi connectivity index (χ0v) is 12.0. The van der Waals surface area contributed by atoms with Crippen molar-refractivity contribution >= 4 is 5.91 Å². The molecule has 1 aromatic rings. The Morgan fingerprint density at radius 1 is 1.35 bits per heavy atom. The highest BCUT2D eigenvalue weighted by Crippen LogP contribution is 2.39. The van der Waals surface area contributed by atoms with Crippen LogP contribution in [-0.4, -0.2) is 44.2 Å². The van der Waals surface area contributed by atoms with Crippen molar-refractivity contribution < 1.29 is 9.53 Å². The van der Waals surface area contributed by atoms with Crippen LogP contribution in [0.5, 0.6) is 0 Å². The second-order valence-corrected chi connectivity index (χ2v) is 5.85. The first-order valence-electron chi connectivity index (χ1n) is 7.31. The van der Waals surface area contributed by atoms with Gasteiger partial charge in [0.15, 0.2) is 0 Å². The fourth-order valence-electron chi connectivity index (χ4n) is 3.57. The maximum atomic E-state index is 11.9. The molecule has 20 heavy (non-hydrogen) atoms. The van der Waals surface area contributed by atoms with E-state index in [4.69, 9.17) is 4.74 Å². The second kappa shape index (κ2) is 5.54. The molecule has 3 rings (SSSR count). The number of nitrogens with one attached hydrogen (secondary N) is 1. The fraction of sp³-hybridized carbons (Fsp3) is 0.562. The molecule has 2 heterocycles. The van der Waals surface area contributed by atoms with Gasteiger partial charge in [0.25, 0.3) is 0 Å². The molecule has 0 radical (unpaired) electrons. The van der Waals surface area contributed by atoms with Gasteiger partial charge in [-0.2, -0.15) is 0 Å². The molecule has 4 heteroatoms. The van der Waals surface area contributed by atoms with Crippen LogP contribution in [0.15, 0.2) is 24.3 Å². The lowest BCUT2D eigenvalue weighted by Gasteiger charge is -2.45. The number of carbonyl (C=O) groups excluding carboxylic acids is 1. The average molecular weight is 274 g/mol. The quantitative estimate of drug-likeness (QED) is 0.884. The topological polar surface area (TPSA) is 41.6 Å². The minimum absolute atomic E-state index is 0.111. The summed E-state index contributed by atoms with van der Waals surface area (Å²) in [5.74, 6) is 0.111. The van der Waals surface area contributed by atoms with Gasteiger partial charge in [0, 0.05) is 38.7 Å². The van der Waals surface area contributed by atoms with Crippen LogP contribution in [0.4, 0.5) is 0 Å². The Balaban J connectivity index is 1.76. The lowest BCUT2D eigenvalue weighted by molar-refractivity contribution is -0.136. The first kappa shape index (κ1) is 13.6. The van der Waals surface area contributed by atoms with Crippen molar-refractivity contribution in [2.24, 2.45) is 0 Å². The summed E-state index contributed by atoms with van der Waals surface area (Å²) in [6.07, 6.45) is 2.07. The Labute approximate surface area is 120 Å². The van der Waals surface area contributed by atoms with Gasteiger partial charge in [-0.1, -0.05) is 24.3 Å². The van der Waals surface area contributed by atoms with Crippen LogP contribution < -0.4 is 5.32 Å². The molecule has 1 saturated heterocycles. The van der Waals surface area contributed by atoms with E-state index in [1.807, 2.05) is 4.90 Å². The molecule has 0 bridgehead atoms. The van der Waals surface area contributed by atoms with Crippen LogP contribution >= 0.6 is 0 Å². The van der Waals surface area contributed by atoms with Gasteiger partial charge in [0.05, 0.1) is 0 Å². The number of rotatable bonds is 2. The summed E-state index contributed by atoms with van der Waals surface area (Å²) in [4.78, 5) is 13.8. The SMILES string of the molecule is COCC(=O)N1CCC2(CC1)CNCc1ccccc12. The third kappa shape index (κ3) is 2.34. The van der Waals surface area contributed by atoms with Crippen LogP contribution in [0.25, 0.3) is 0 Å². The van der Waals surface area contributed by atoms with E-state index in [9.17, 15) is 4.79 Å². The highest BCUT2D eigenvalue weighted by atomic mass is 16.5. The van der Waals surface area contributed by atoms with Crippen LogP contribution in [0, 0.1) is 0 Å². The minimum atomic E-state index is 0.111. The zero-order chi connectivity index (χ0) is 14.0. The highest BCUT2D eigenvalue weighted by Gasteiger charge is 2.39. The van der Waals surface area contributed by atoms with Crippen molar-refractivity contribution in [2.45, 2.75) is 24.8 Å². The number of piperidine rings is 1. The van der Waals surface area contributed by atoms with Gasteiger partial charge in [0.1, 0.15) is 6.61 Å². The Bertz CT molecular complexity index is 493. The number of fused-ring (bicyclic) bond motifs is 2. The Morgan fingerprint density at radius 2 is 2.10 bits per heavy atom. The second-order valence-electron chi connectivity index (χ2n) is 5.85. The summed E-state index contributed by atoms with van der Waals surface area (Å²) in [6, 6.07) is 8.72. The Morgan fingerprint density at radius 3 is 2.85 bits per heavy atom.